The van der Waals surface area contributed by atoms with Gasteiger partial charge in [-0.05, 0) is 78.4 Å². The summed E-state index contributed by atoms with van der Waals surface area (Å²) in [6, 6.07) is 15.8. The monoisotopic (exact) mass is 584 g/mol. The highest BCUT2D eigenvalue weighted by Crippen LogP contribution is 2.39. The van der Waals surface area contributed by atoms with Crippen LogP contribution >= 0.6 is 27.7 Å². The van der Waals surface area contributed by atoms with Crippen LogP contribution in [0.3, 0.4) is 0 Å². The predicted octanol–water partition coefficient (Wildman–Crippen LogP) is 6.50. The number of ether oxygens (including phenoxy) is 2. The minimum Gasteiger partial charge on any atom is -0.493 e. The molecule has 0 atom stereocenters. The summed E-state index contributed by atoms with van der Waals surface area (Å²) in [6.07, 6.45) is 1.74. The third-order valence-electron chi connectivity index (χ3n) is 5.40. The zero-order valence-electron chi connectivity index (χ0n) is 19.9. The molecule has 3 aromatic rings. The lowest BCUT2D eigenvalue weighted by atomic mass is 10.1. The van der Waals surface area contributed by atoms with Crippen LogP contribution in [0.5, 0.6) is 11.5 Å². The highest BCUT2D eigenvalue weighted by Gasteiger charge is 2.32. The van der Waals surface area contributed by atoms with Crippen molar-refractivity contribution in [3.63, 3.8) is 0 Å². The fraction of sp³-hybridized carbons (Fsp3) is 0.148. The highest BCUT2D eigenvalue weighted by atomic mass is 79.9. The highest BCUT2D eigenvalue weighted by molar-refractivity contribution is 9.10. The van der Waals surface area contributed by atoms with Crippen LogP contribution in [-0.2, 0) is 11.4 Å². The van der Waals surface area contributed by atoms with E-state index in [1.807, 2.05) is 6.92 Å². The predicted molar refractivity (Wildman–Crippen MR) is 145 cm³/mol. The number of carboxylic acids is 1. The van der Waals surface area contributed by atoms with E-state index in [0.717, 1.165) is 5.56 Å². The summed E-state index contributed by atoms with van der Waals surface area (Å²) in [5.41, 5.74) is 2.07. The molecule has 1 amide bonds. The molecule has 1 saturated heterocycles. The Hall–Kier alpha value is -3.63. The van der Waals surface area contributed by atoms with Crippen LogP contribution in [0.15, 0.2) is 75.0 Å². The lowest BCUT2D eigenvalue weighted by molar-refractivity contribution is -0.122. The number of carbonyl (C=O) groups excluding carboxylic acids is 1. The molecule has 0 aliphatic carbocycles. The molecule has 4 rings (SSSR count). The van der Waals surface area contributed by atoms with Crippen molar-refractivity contribution in [3.05, 3.63) is 92.5 Å². The maximum atomic E-state index is 13.2. The van der Waals surface area contributed by atoms with Gasteiger partial charge in [0.1, 0.15) is 12.4 Å². The maximum absolute atomic E-state index is 13.2. The second-order valence-electron chi connectivity index (χ2n) is 7.85. The Morgan fingerprint density at radius 3 is 2.59 bits per heavy atom. The number of benzene rings is 3. The molecule has 7 nitrogen and oxygen atoms in total. The number of rotatable bonds is 8. The first-order valence-corrected chi connectivity index (χ1v) is 12.8. The molecule has 1 heterocycles. The van der Waals surface area contributed by atoms with E-state index in [4.69, 9.17) is 9.47 Å². The molecular formula is C27H22BrFN2O5S. The van der Waals surface area contributed by atoms with Gasteiger partial charge in [0.05, 0.1) is 23.3 Å². The van der Waals surface area contributed by atoms with Crippen LogP contribution in [0.25, 0.3) is 6.08 Å². The number of halogens is 2. The van der Waals surface area contributed by atoms with Crippen LogP contribution in [0.4, 0.5) is 10.1 Å². The van der Waals surface area contributed by atoms with E-state index in [0.29, 0.717) is 43.8 Å². The summed E-state index contributed by atoms with van der Waals surface area (Å²) in [5, 5.41) is 9.70. The third kappa shape index (κ3) is 6.20. The molecule has 0 radical (unpaired) electrons. The van der Waals surface area contributed by atoms with Crippen molar-refractivity contribution in [1.82, 2.24) is 4.90 Å². The average Bonchev–Trinajstić information content (AvgIpc) is 3.18. The van der Waals surface area contributed by atoms with Gasteiger partial charge in [0, 0.05) is 11.0 Å². The molecule has 1 aliphatic heterocycles. The Morgan fingerprint density at radius 1 is 1.16 bits per heavy atom. The van der Waals surface area contributed by atoms with Gasteiger partial charge in [-0.15, -0.1) is 0 Å². The number of methoxy groups -OCH3 is 1. The number of thioether (sulfide) groups is 1. The van der Waals surface area contributed by atoms with Crippen molar-refractivity contribution in [3.8, 4) is 11.5 Å². The fourth-order valence-corrected chi connectivity index (χ4v) is 5.00. The normalized spacial score (nSPS) is 15.5. The number of carbonyl (C=O) groups is 2. The average molecular weight is 585 g/mol. The molecule has 0 saturated carbocycles. The van der Waals surface area contributed by atoms with E-state index < -0.39 is 5.97 Å². The molecule has 3 aromatic carbocycles. The molecule has 0 unspecified atom stereocenters. The Kier molecular flexibility index (Phi) is 8.30. The number of carboxylic acid groups (broad SMARTS) is 1. The first-order chi connectivity index (χ1) is 17.8. The molecule has 0 bridgehead atoms. The van der Waals surface area contributed by atoms with Crippen LogP contribution in [0.2, 0.25) is 0 Å². The van der Waals surface area contributed by atoms with Crippen LogP contribution in [0, 0.1) is 5.82 Å². The van der Waals surface area contributed by atoms with Gasteiger partial charge in [-0.2, -0.15) is 0 Å². The second-order valence-corrected chi connectivity index (χ2v) is 9.71. The number of amidine groups is 1. The number of amides is 1. The van der Waals surface area contributed by atoms with Gasteiger partial charge in [-0.1, -0.05) is 34.1 Å². The van der Waals surface area contributed by atoms with E-state index in [2.05, 4.69) is 20.9 Å². The number of aliphatic imine (C=N–C) groups is 1. The summed E-state index contributed by atoms with van der Waals surface area (Å²) >= 11 is 4.75. The lowest BCUT2D eigenvalue weighted by Crippen LogP contribution is -2.28. The Morgan fingerprint density at radius 2 is 1.92 bits per heavy atom. The Balaban J connectivity index is 1.59. The summed E-state index contributed by atoms with van der Waals surface area (Å²) in [5.74, 6) is -0.608. The van der Waals surface area contributed by atoms with Crippen LogP contribution in [-0.4, -0.2) is 40.7 Å². The zero-order valence-corrected chi connectivity index (χ0v) is 22.3. The van der Waals surface area contributed by atoms with E-state index in [-0.39, 0.29) is 23.9 Å². The smallest absolute Gasteiger partial charge is 0.335 e. The first-order valence-electron chi connectivity index (χ1n) is 11.2. The summed E-state index contributed by atoms with van der Waals surface area (Å²) < 4.78 is 25.2. The first kappa shape index (κ1) is 26.4. The van der Waals surface area contributed by atoms with Crippen molar-refractivity contribution in [2.24, 2.45) is 4.99 Å². The van der Waals surface area contributed by atoms with Gasteiger partial charge in [0.15, 0.2) is 16.7 Å². The molecule has 0 spiro atoms. The summed E-state index contributed by atoms with van der Waals surface area (Å²) in [4.78, 5) is 30.9. The van der Waals surface area contributed by atoms with Gasteiger partial charge in [-0.3, -0.25) is 9.69 Å². The van der Waals surface area contributed by atoms with Crippen LogP contribution in [0.1, 0.15) is 28.4 Å². The number of aromatic carboxylic acids is 1. The molecule has 1 fully saturated rings. The quantitative estimate of drug-likeness (QED) is 0.304. The summed E-state index contributed by atoms with van der Waals surface area (Å²) in [7, 11) is 1.52. The standard InChI is InChI=1S/C27H22BrFN2O5S/c1-3-31-25(32)24(37-27(31)30-20-6-4-5-17(11-20)26(33)34)13-18-12-22(35-2)23(14-21(18)28)36-15-16-7-9-19(29)10-8-16/h4-14H,3,15H2,1-2H3,(H,33,34)/b24-13-,30-27?. The molecule has 0 aromatic heterocycles. The van der Waals surface area contributed by atoms with Gasteiger partial charge < -0.3 is 14.6 Å². The topological polar surface area (TPSA) is 88.4 Å². The zero-order chi connectivity index (χ0) is 26.5. The minimum atomic E-state index is -1.05. The largest absolute Gasteiger partial charge is 0.493 e. The number of hydrogen-bond donors (Lipinski definition) is 1. The summed E-state index contributed by atoms with van der Waals surface area (Å²) in [6.45, 7) is 2.48. The van der Waals surface area contributed by atoms with Gasteiger partial charge in [0.2, 0.25) is 0 Å². The SMILES string of the molecule is CCN1C(=O)/C(=C/c2cc(OC)c(OCc3ccc(F)cc3)cc2Br)SC1=Nc1cccc(C(=O)O)c1. The maximum Gasteiger partial charge on any atom is 0.335 e. The Labute approximate surface area is 225 Å². The molecule has 1 aliphatic rings. The fourth-order valence-electron chi connectivity index (χ4n) is 3.51. The molecule has 10 heteroatoms. The van der Waals surface area contributed by atoms with E-state index in [9.17, 15) is 19.1 Å². The van der Waals surface area contributed by atoms with Crippen molar-refractivity contribution < 1.29 is 28.6 Å². The van der Waals surface area contributed by atoms with E-state index in [1.165, 1.54) is 48.0 Å². The van der Waals surface area contributed by atoms with Gasteiger partial charge in [-0.25, -0.2) is 14.2 Å². The van der Waals surface area contributed by atoms with Crippen molar-refractivity contribution >= 4 is 56.5 Å². The number of nitrogens with zero attached hydrogens (tertiary/aromatic N) is 2. The van der Waals surface area contributed by atoms with Crippen molar-refractivity contribution in [2.45, 2.75) is 13.5 Å². The molecule has 190 valence electrons. The molecular weight excluding hydrogens is 563 g/mol. The number of likely N-dealkylation sites (N-methyl/N-ethyl adjacent to an activating group) is 1. The van der Waals surface area contributed by atoms with Gasteiger partial charge >= 0.3 is 5.97 Å². The molecule has 1 N–H and O–H groups in total. The molecule has 37 heavy (non-hydrogen) atoms. The van der Waals surface area contributed by atoms with Crippen molar-refractivity contribution in [2.75, 3.05) is 13.7 Å². The van der Waals surface area contributed by atoms with Crippen molar-refractivity contribution in [1.29, 1.82) is 0 Å². The Bertz CT molecular complexity index is 1410. The van der Waals surface area contributed by atoms with E-state index in [1.54, 1.807) is 42.5 Å². The van der Waals surface area contributed by atoms with E-state index >= 15 is 0 Å². The van der Waals surface area contributed by atoms with Gasteiger partial charge in [0.25, 0.3) is 5.91 Å². The number of hydrogen-bond acceptors (Lipinski definition) is 6. The minimum absolute atomic E-state index is 0.118. The second kappa shape index (κ2) is 11.6. The third-order valence-corrected chi connectivity index (χ3v) is 7.09. The lowest BCUT2D eigenvalue weighted by Gasteiger charge is -2.13. The van der Waals surface area contributed by atoms with Crippen LogP contribution < -0.4 is 9.47 Å².